The molecule has 0 radical (unpaired) electrons. The molecule has 10 nitrogen and oxygen atoms in total. The van der Waals surface area contributed by atoms with Crippen LogP contribution in [0.2, 0.25) is 0 Å². The number of carbonyl (C=O) groups is 4. The summed E-state index contributed by atoms with van der Waals surface area (Å²) in [5.41, 5.74) is -0.909. The molecular formula is C19H29NO9S2. The Morgan fingerprint density at radius 1 is 0.839 bits per heavy atom. The zero-order valence-corrected chi connectivity index (χ0v) is 20.1. The van der Waals surface area contributed by atoms with Gasteiger partial charge in [-0.05, 0) is 13.8 Å². The molecule has 1 fully saturated rings. The summed E-state index contributed by atoms with van der Waals surface area (Å²) < 4.78 is 27.7. The van der Waals surface area contributed by atoms with Gasteiger partial charge in [0.1, 0.15) is 17.0 Å². The number of hydrogen-bond donors (Lipinski definition) is 0. The van der Waals surface area contributed by atoms with E-state index in [1.54, 1.807) is 0 Å². The molecule has 0 bridgehead atoms. The molecule has 0 aliphatic carbocycles. The summed E-state index contributed by atoms with van der Waals surface area (Å²) in [6, 6.07) is 0. The first-order valence-electron chi connectivity index (χ1n) is 9.76. The van der Waals surface area contributed by atoms with Crippen molar-refractivity contribution in [1.82, 2.24) is 4.90 Å². The normalized spacial score (nSPS) is 25.2. The van der Waals surface area contributed by atoms with Crippen molar-refractivity contribution >= 4 is 52.2 Å². The third-order valence-corrected chi connectivity index (χ3v) is 5.81. The van der Waals surface area contributed by atoms with Crippen molar-refractivity contribution in [2.45, 2.75) is 71.4 Å². The first-order valence-corrected chi connectivity index (χ1v) is 11.0. The van der Waals surface area contributed by atoms with Crippen LogP contribution in [0.3, 0.4) is 0 Å². The zero-order valence-electron chi connectivity index (χ0n) is 18.4. The van der Waals surface area contributed by atoms with E-state index in [2.05, 4.69) is 0 Å². The summed E-state index contributed by atoms with van der Waals surface area (Å²) >= 11 is 6.59. The number of esters is 4. The summed E-state index contributed by atoms with van der Waals surface area (Å²) in [5.74, 6) is -2.57. The summed E-state index contributed by atoms with van der Waals surface area (Å²) in [6.07, 6.45) is -4.49. The quantitative estimate of drug-likeness (QED) is 0.285. The molecule has 1 saturated heterocycles. The van der Waals surface area contributed by atoms with Gasteiger partial charge in [-0.15, -0.1) is 0 Å². The Hall–Kier alpha value is -1.92. The summed E-state index contributed by atoms with van der Waals surface area (Å²) in [7, 11) is 0. The zero-order chi connectivity index (χ0) is 23.7. The van der Waals surface area contributed by atoms with Gasteiger partial charge in [0.25, 0.3) is 0 Å². The van der Waals surface area contributed by atoms with E-state index in [9.17, 15) is 19.2 Å². The monoisotopic (exact) mass is 479 g/mol. The van der Waals surface area contributed by atoms with E-state index in [1.807, 2.05) is 18.7 Å². The van der Waals surface area contributed by atoms with Crippen LogP contribution < -0.4 is 0 Å². The van der Waals surface area contributed by atoms with Gasteiger partial charge in [0.15, 0.2) is 23.7 Å². The molecule has 0 aromatic rings. The Labute approximate surface area is 191 Å². The number of ether oxygens (including phenoxy) is 5. The molecule has 0 amide bonds. The number of thioether (sulfide) groups is 1. The van der Waals surface area contributed by atoms with Gasteiger partial charge in [0.05, 0.1) is 0 Å². The Balaban J connectivity index is 3.35. The molecule has 1 aliphatic rings. The molecule has 5 atom stereocenters. The van der Waals surface area contributed by atoms with Gasteiger partial charge in [-0.3, -0.25) is 19.2 Å². The van der Waals surface area contributed by atoms with E-state index in [4.69, 9.17) is 35.9 Å². The first kappa shape index (κ1) is 27.1. The molecule has 0 aromatic heterocycles. The molecule has 0 aromatic carbocycles. The van der Waals surface area contributed by atoms with E-state index in [0.29, 0.717) is 17.4 Å². The van der Waals surface area contributed by atoms with Crippen molar-refractivity contribution in [2.24, 2.45) is 0 Å². The Morgan fingerprint density at radius 2 is 1.32 bits per heavy atom. The second-order valence-corrected chi connectivity index (χ2v) is 8.36. The van der Waals surface area contributed by atoms with Crippen LogP contribution in [0.5, 0.6) is 0 Å². The van der Waals surface area contributed by atoms with Crippen LogP contribution in [0.1, 0.15) is 41.5 Å². The number of nitrogens with zero attached hydrogens (tertiary/aromatic N) is 1. The first-order chi connectivity index (χ1) is 14.5. The van der Waals surface area contributed by atoms with Crippen LogP contribution in [-0.2, 0) is 42.9 Å². The highest BCUT2D eigenvalue weighted by Gasteiger charge is 2.52. The summed E-state index contributed by atoms with van der Waals surface area (Å²) in [6.45, 7) is 9.65. The van der Waals surface area contributed by atoms with E-state index in [-0.39, 0.29) is 6.61 Å². The standard InChI is InChI=1S/C19H29NO9S2/c1-7-20(8-2)19(30)31-18-17(28-13(6)24)16(27-12(5)23)15(26-11(4)22)14(29-18)9-25-10(3)21/h14-18H,7-9H2,1-6H3/t14-,15+,16+,17-,18+/m1/s1. The van der Waals surface area contributed by atoms with Crippen molar-refractivity contribution < 1.29 is 42.9 Å². The van der Waals surface area contributed by atoms with E-state index in [0.717, 1.165) is 11.8 Å². The second-order valence-electron chi connectivity index (χ2n) is 6.62. The molecular weight excluding hydrogens is 450 g/mol. The van der Waals surface area contributed by atoms with E-state index < -0.39 is 53.7 Å². The molecule has 12 heteroatoms. The minimum absolute atomic E-state index is 0.271. The lowest BCUT2D eigenvalue weighted by Crippen LogP contribution is -2.61. The third kappa shape index (κ3) is 8.62. The molecule has 31 heavy (non-hydrogen) atoms. The average Bonchev–Trinajstić information content (AvgIpc) is 2.64. The van der Waals surface area contributed by atoms with Gasteiger partial charge < -0.3 is 28.6 Å². The predicted molar refractivity (Wildman–Crippen MR) is 115 cm³/mol. The highest BCUT2D eigenvalue weighted by molar-refractivity contribution is 8.23. The maximum Gasteiger partial charge on any atom is 0.303 e. The predicted octanol–water partition coefficient (Wildman–Crippen LogP) is 1.43. The number of carbonyl (C=O) groups excluding carboxylic acids is 4. The fourth-order valence-corrected chi connectivity index (χ4v) is 4.63. The maximum absolute atomic E-state index is 11.8. The van der Waals surface area contributed by atoms with E-state index >= 15 is 0 Å². The topological polar surface area (TPSA) is 118 Å². The maximum atomic E-state index is 11.8. The van der Waals surface area contributed by atoms with Crippen LogP contribution in [0.25, 0.3) is 0 Å². The minimum Gasteiger partial charge on any atom is -0.463 e. The van der Waals surface area contributed by atoms with Crippen molar-refractivity contribution in [1.29, 1.82) is 0 Å². The van der Waals surface area contributed by atoms with Crippen molar-refractivity contribution in [3.05, 3.63) is 0 Å². The highest BCUT2D eigenvalue weighted by Crippen LogP contribution is 2.35. The fourth-order valence-electron chi connectivity index (χ4n) is 2.94. The molecule has 176 valence electrons. The number of hydrogen-bond acceptors (Lipinski definition) is 11. The molecule has 0 spiro atoms. The summed E-state index contributed by atoms with van der Waals surface area (Å²) in [5, 5.41) is 0. The van der Waals surface area contributed by atoms with Crippen LogP contribution in [-0.4, -0.2) is 82.6 Å². The van der Waals surface area contributed by atoms with Crippen LogP contribution in [0.15, 0.2) is 0 Å². The van der Waals surface area contributed by atoms with Gasteiger partial charge in [-0.1, -0.05) is 24.0 Å². The van der Waals surface area contributed by atoms with Crippen LogP contribution >= 0.6 is 24.0 Å². The molecule has 0 saturated carbocycles. The van der Waals surface area contributed by atoms with E-state index in [1.165, 1.54) is 27.7 Å². The largest absolute Gasteiger partial charge is 0.463 e. The minimum atomic E-state index is -1.20. The van der Waals surface area contributed by atoms with Crippen molar-refractivity contribution in [2.75, 3.05) is 19.7 Å². The van der Waals surface area contributed by atoms with Crippen molar-refractivity contribution in [3.8, 4) is 0 Å². The summed E-state index contributed by atoms with van der Waals surface area (Å²) in [4.78, 5) is 48.6. The lowest BCUT2D eigenvalue weighted by molar-refractivity contribution is -0.237. The van der Waals surface area contributed by atoms with Gasteiger partial charge in [0, 0.05) is 40.8 Å². The fraction of sp³-hybridized carbons (Fsp3) is 0.737. The third-order valence-electron chi connectivity index (χ3n) is 4.19. The molecule has 1 rings (SSSR count). The second kappa shape index (κ2) is 12.8. The van der Waals surface area contributed by atoms with Crippen LogP contribution in [0, 0.1) is 0 Å². The molecule has 1 aliphatic heterocycles. The van der Waals surface area contributed by atoms with Crippen molar-refractivity contribution in [3.63, 3.8) is 0 Å². The number of rotatable bonds is 8. The lowest BCUT2D eigenvalue weighted by Gasteiger charge is -2.44. The lowest BCUT2D eigenvalue weighted by atomic mass is 9.99. The van der Waals surface area contributed by atoms with Gasteiger partial charge in [0.2, 0.25) is 0 Å². The SMILES string of the molecule is CCN(CC)C(=S)S[C@@H]1O[C@H](COC(C)=O)[C@H](OC(C)=O)[C@H](OC(C)=O)[C@H]1OC(C)=O. The smallest absolute Gasteiger partial charge is 0.303 e. The van der Waals surface area contributed by atoms with Gasteiger partial charge in [-0.25, -0.2) is 0 Å². The number of thiocarbonyl (C=S) groups is 1. The highest BCUT2D eigenvalue weighted by atomic mass is 32.2. The van der Waals surface area contributed by atoms with Crippen LogP contribution in [0.4, 0.5) is 0 Å². The molecule has 0 unspecified atom stereocenters. The molecule has 0 N–H and O–H groups in total. The van der Waals surface area contributed by atoms with Gasteiger partial charge in [-0.2, -0.15) is 0 Å². The van der Waals surface area contributed by atoms with Gasteiger partial charge >= 0.3 is 23.9 Å². The average molecular weight is 480 g/mol. The Bertz CT molecular complexity index is 683. The Morgan fingerprint density at radius 3 is 1.77 bits per heavy atom. The molecule has 1 heterocycles. The Kier molecular flexibility index (Phi) is 11.2.